The number of fused-ring (bicyclic) bond motifs is 1. The van der Waals surface area contributed by atoms with Gasteiger partial charge in [-0.1, -0.05) is 30.3 Å². The highest BCUT2D eigenvalue weighted by molar-refractivity contribution is 7.98. The Morgan fingerprint density at radius 1 is 0.973 bits per heavy atom. The molecule has 1 aromatic heterocycles. The first-order valence-electron chi connectivity index (χ1n) is 12.2. The van der Waals surface area contributed by atoms with E-state index in [9.17, 15) is 18.0 Å². The Hall–Kier alpha value is -3.26. The molecule has 0 spiro atoms. The van der Waals surface area contributed by atoms with Gasteiger partial charge in [-0.05, 0) is 72.0 Å². The summed E-state index contributed by atoms with van der Waals surface area (Å²) < 4.78 is 62.2. The highest BCUT2D eigenvalue weighted by Gasteiger charge is 2.57. The molecule has 1 heterocycles. The van der Waals surface area contributed by atoms with Crippen molar-refractivity contribution in [2.45, 2.75) is 48.1 Å². The van der Waals surface area contributed by atoms with Gasteiger partial charge in [0.15, 0.2) is 0 Å². The summed E-state index contributed by atoms with van der Waals surface area (Å²) in [7, 11) is 0. The SMILES string of the molecule is O=c1ccc2cc(SCc3ccccc3)ccc2n1-c1cc(F)c([C@H]2C[C@@H]2C(F)(F)F)cc1OC1CC1. The maximum absolute atomic E-state index is 15.2. The van der Waals surface area contributed by atoms with Crippen LogP contribution in [0.25, 0.3) is 16.6 Å². The van der Waals surface area contributed by atoms with E-state index in [1.165, 1.54) is 22.3 Å². The molecule has 2 aliphatic carbocycles. The zero-order valence-corrected chi connectivity index (χ0v) is 20.5. The molecule has 8 heteroatoms. The first-order chi connectivity index (χ1) is 17.8. The molecular formula is C29H23F4NO2S. The number of pyridine rings is 1. The van der Waals surface area contributed by atoms with Gasteiger partial charge in [-0.15, -0.1) is 11.8 Å². The lowest BCUT2D eigenvalue weighted by Crippen LogP contribution is -2.19. The van der Waals surface area contributed by atoms with Crippen LogP contribution in [-0.4, -0.2) is 16.8 Å². The van der Waals surface area contributed by atoms with Crippen molar-refractivity contribution in [3.63, 3.8) is 0 Å². The quantitative estimate of drug-likeness (QED) is 0.184. The summed E-state index contributed by atoms with van der Waals surface area (Å²) in [6.07, 6.45) is -2.96. The van der Waals surface area contributed by atoms with Crippen molar-refractivity contribution in [2.75, 3.05) is 0 Å². The van der Waals surface area contributed by atoms with Gasteiger partial charge in [0.2, 0.25) is 0 Å². The Kier molecular flexibility index (Phi) is 6.02. The third-order valence-electron chi connectivity index (χ3n) is 6.86. The fourth-order valence-corrected chi connectivity index (χ4v) is 5.58. The second-order valence-electron chi connectivity index (χ2n) is 9.65. The minimum atomic E-state index is -4.36. The van der Waals surface area contributed by atoms with Crippen molar-refractivity contribution >= 4 is 22.7 Å². The van der Waals surface area contributed by atoms with Gasteiger partial charge in [0.05, 0.1) is 23.2 Å². The van der Waals surface area contributed by atoms with Crippen molar-refractivity contribution in [3.05, 3.63) is 100 Å². The Morgan fingerprint density at radius 2 is 1.76 bits per heavy atom. The van der Waals surface area contributed by atoms with Crippen molar-refractivity contribution in [1.29, 1.82) is 0 Å². The summed E-state index contributed by atoms with van der Waals surface area (Å²) in [5.41, 5.74) is 1.60. The molecule has 37 heavy (non-hydrogen) atoms. The first kappa shape index (κ1) is 24.1. The number of ether oxygens (including phenoxy) is 1. The molecule has 0 aliphatic heterocycles. The van der Waals surface area contributed by atoms with Crippen molar-refractivity contribution < 1.29 is 22.3 Å². The lowest BCUT2D eigenvalue weighted by molar-refractivity contribution is -0.148. The molecule has 0 radical (unpaired) electrons. The molecule has 190 valence electrons. The highest BCUT2D eigenvalue weighted by Crippen LogP contribution is 2.57. The molecule has 2 aliphatic rings. The van der Waals surface area contributed by atoms with Crippen LogP contribution in [0.5, 0.6) is 5.75 Å². The van der Waals surface area contributed by atoms with E-state index >= 15 is 4.39 Å². The fourth-order valence-electron chi connectivity index (χ4n) is 4.68. The van der Waals surface area contributed by atoms with Gasteiger partial charge < -0.3 is 4.74 Å². The van der Waals surface area contributed by atoms with E-state index in [-0.39, 0.29) is 35.1 Å². The standard InChI is InChI=1S/C29H23F4NO2S/c30-24-15-26(27(36-19-7-8-19)14-22(24)21-13-23(21)29(31,32)33)34-25-10-9-20(12-18(25)6-11-28(34)35)37-16-17-4-2-1-3-5-17/h1-6,9-12,14-15,19,21,23H,7-8,13,16H2/t21-,23+/m1/s1. The van der Waals surface area contributed by atoms with Crippen LogP contribution in [0.2, 0.25) is 0 Å². The lowest BCUT2D eigenvalue weighted by Gasteiger charge is -2.18. The molecule has 2 saturated carbocycles. The number of alkyl halides is 3. The number of thioether (sulfide) groups is 1. The van der Waals surface area contributed by atoms with Gasteiger partial charge in [0.1, 0.15) is 11.6 Å². The number of aromatic nitrogens is 1. The fraction of sp³-hybridized carbons (Fsp3) is 0.276. The topological polar surface area (TPSA) is 31.2 Å². The molecule has 2 fully saturated rings. The molecule has 0 unspecified atom stereocenters. The Morgan fingerprint density at radius 3 is 2.46 bits per heavy atom. The van der Waals surface area contributed by atoms with Crippen LogP contribution < -0.4 is 10.3 Å². The average Bonchev–Trinajstić information content (AvgIpc) is 3.79. The third-order valence-corrected chi connectivity index (χ3v) is 7.93. The van der Waals surface area contributed by atoms with Crippen LogP contribution in [0.1, 0.15) is 36.3 Å². The van der Waals surface area contributed by atoms with Crippen LogP contribution in [0, 0.1) is 11.7 Å². The lowest BCUT2D eigenvalue weighted by atomic mass is 10.1. The molecular weight excluding hydrogens is 502 g/mol. The van der Waals surface area contributed by atoms with Crippen LogP contribution >= 0.6 is 11.8 Å². The van der Waals surface area contributed by atoms with E-state index in [1.54, 1.807) is 17.8 Å². The van der Waals surface area contributed by atoms with Gasteiger partial charge in [0.25, 0.3) is 5.56 Å². The average molecular weight is 526 g/mol. The number of benzene rings is 3. The predicted octanol–water partition coefficient (Wildman–Crippen LogP) is 7.63. The number of halogens is 4. The smallest absolute Gasteiger partial charge is 0.392 e. The summed E-state index contributed by atoms with van der Waals surface area (Å²) in [4.78, 5) is 14.1. The number of nitrogens with zero attached hydrogens (tertiary/aromatic N) is 1. The Labute approximate surface area is 215 Å². The number of rotatable bonds is 7. The van der Waals surface area contributed by atoms with E-state index < -0.39 is 23.8 Å². The molecule has 3 aromatic carbocycles. The largest absolute Gasteiger partial charge is 0.488 e. The van der Waals surface area contributed by atoms with E-state index in [1.807, 2.05) is 36.4 Å². The van der Waals surface area contributed by atoms with Gasteiger partial charge in [-0.3, -0.25) is 9.36 Å². The van der Waals surface area contributed by atoms with Crippen molar-refractivity contribution in [2.24, 2.45) is 5.92 Å². The maximum Gasteiger partial charge on any atom is 0.392 e. The second kappa shape index (κ2) is 9.24. The van der Waals surface area contributed by atoms with E-state index in [2.05, 4.69) is 12.1 Å². The van der Waals surface area contributed by atoms with E-state index in [0.29, 0.717) is 5.52 Å². The molecule has 0 amide bonds. The summed E-state index contributed by atoms with van der Waals surface area (Å²) in [6.45, 7) is 0. The van der Waals surface area contributed by atoms with Gasteiger partial charge in [-0.2, -0.15) is 13.2 Å². The Bertz CT molecular complexity index is 1530. The molecule has 4 aromatic rings. The monoisotopic (exact) mass is 525 g/mol. The zero-order valence-electron chi connectivity index (χ0n) is 19.7. The van der Waals surface area contributed by atoms with Gasteiger partial charge in [-0.25, -0.2) is 4.39 Å². The second-order valence-corrected chi connectivity index (χ2v) is 10.7. The van der Waals surface area contributed by atoms with Crippen LogP contribution in [0.4, 0.5) is 17.6 Å². The zero-order chi connectivity index (χ0) is 25.7. The van der Waals surface area contributed by atoms with Crippen molar-refractivity contribution in [1.82, 2.24) is 4.57 Å². The third kappa shape index (κ3) is 4.99. The molecule has 6 rings (SSSR count). The summed E-state index contributed by atoms with van der Waals surface area (Å²) in [5.74, 6) is -2.20. The van der Waals surface area contributed by atoms with Crippen LogP contribution in [0.15, 0.2) is 82.5 Å². The minimum Gasteiger partial charge on any atom is -0.488 e. The minimum absolute atomic E-state index is 0.00499. The van der Waals surface area contributed by atoms with Gasteiger partial charge in [0, 0.05) is 22.8 Å². The molecule has 3 nitrogen and oxygen atoms in total. The van der Waals surface area contributed by atoms with Crippen LogP contribution in [0.3, 0.4) is 0 Å². The molecule has 0 N–H and O–H groups in total. The van der Waals surface area contributed by atoms with E-state index in [4.69, 9.17) is 4.74 Å². The maximum atomic E-state index is 15.2. The predicted molar refractivity (Wildman–Crippen MR) is 136 cm³/mol. The molecule has 0 saturated heterocycles. The summed E-state index contributed by atoms with van der Waals surface area (Å²) in [6, 6.07) is 21.4. The molecule has 2 atom stereocenters. The Balaban J connectivity index is 1.39. The molecule has 0 bridgehead atoms. The van der Waals surface area contributed by atoms with Gasteiger partial charge >= 0.3 is 6.18 Å². The summed E-state index contributed by atoms with van der Waals surface area (Å²) in [5, 5.41) is 0.791. The summed E-state index contributed by atoms with van der Waals surface area (Å²) >= 11 is 1.67. The van der Waals surface area contributed by atoms with Crippen LogP contribution in [-0.2, 0) is 5.75 Å². The number of hydrogen-bond donors (Lipinski definition) is 0. The normalized spacial score (nSPS) is 19.2. The van der Waals surface area contributed by atoms with E-state index in [0.717, 1.165) is 34.9 Å². The highest BCUT2D eigenvalue weighted by atomic mass is 32.2. The van der Waals surface area contributed by atoms with Crippen molar-refractivity contribution in [3.8, 4) is 11.4 Å². The number of hydrogen-bond acceptors (Lipinski definition) is 3. The first-order valence-corrected chi connectivity index (χ1v) is 13.2.